The molecule has 0 aromatic heterocycles. The van der Waals surface area contributed by atoms with E-state index in [1.807, 2.05) is 13.1 Å². The average molecular weight is 328 g/mol. The number of esters is 1. The van der Waals surface area contributed by atoms with Gasteiger partial charge in [0, 0.05) is 11.9 Å². The molecule has 0 fully saturated rings. The average Bonchev–Trinajstić information content (AvgIpc) is 2.60. The number of rotatable bonds is 8. The topological polar surface area (TPSA) is 41.9 Å². The predicted molar refractivity (Wildman–Crippen MR) is 99.1 cm³/mol. The van der Waals surface area contributed by atoms with E-state index in [0.29, 0.717) is 12.4 Å². The van der Waals surface area contributed by atoms with Crippen molar-refractivity contribution in [3.8, 4) is 0 Å². The summed E-state index contributed by atoms with van der Waals surface area (Å²) in [6.45, 7) is 6.85. The number of carbonyl (C=O) groups is 1. The second-order valence-corrected chi connectivity index (χ2v) is 6.32. The quantitative estimate of drug-likeness (QED) is 0.650. The monoisotopic (exact) mass is 328 g/mol. The van der Waals surface area contributed by atoms with E-state index in [2.05, 4.69) is 48.0 Å². The van der Waals surface area contributed by atoms with E-state index in [4.69, 9.17) is 4.74 Å². The van der Waals surface area contributed by atoms with Crippen molar-refractivity contribution in [1.29, 1.82) is 0 Å². The SMILES string of the molecule is CCCCc1cccc(N2C=C(OC(=O)C(C)CCC)N=CC2)c1. The number of benzene rings is 1. The van der Waals surface area contributed by atoms with Crippen LogP contribution in [0, 0.1) is 5.92 Å². The largest absolute Gasteiger partial charge is 0.406 e. The van der Waals surface area contributed by atoms with Crippen LogP contribution in [0.25, 0.3) is 0 Å². The summed E-state index contributed by atoms with van der Waals surface area (Å²) >= 11 is 0. The van der Waals surface area contributed by atoms with Crippen molar-refractivity contribution in [2.75, 3.05) is 11.4 Å². The highest BCUT2D eigenvalue weighted by Gasteiger charge is 2.17. The lowest BCUT2D eigenvalue weighted by atomic mass is 10.1. The Labute approximate surface area is 145 Å². The molecule has 4 heteroatoms. The first kappa shape index (κ1) is 18.2. The Morgan fingerprint density at radius 3 is 2.92 bits per heavy atom. The van der Waals surface area contributed by atoms with Crippen molar-refractivity contribution < 1.29 is 9.53 Å². The van der Waals surface area contributed by atoms with Gasteiger partial charge >= 0.3 is 5.97 Å². The summed E-state index contributed by atoms with van der Waals surface area (Å²) in [7, 11) is 0. The fraction of sp³-hybridized carbons (Fsp3) is 0.500. The van der Waals surface area contributed by atoms with Crippen LogP contribution in [-0.2, 0) is 16.0 Å². The smallest absolute Gasteiger partial charge is 0.315 e. The van der Waals surface area contributed by atoms with E-state index in [0.717, 1.165) is 24.9 Å². The number of nitrogens with zero attached hydrogens (tertiary/aromatic N) is 2. The molecule has 0 N–H and O–H groups in total. The van der Waals surface area contributed by atoms with Crippen molar-refractivity contribution >= 4 is 17.9 Å². The molecule has 0 amide bonds. The Kier molecular flexibility index (Phi) is 7.04. The van der Waals surface area contributed by atoms with Gasteiger partial charge in [-0.2, -0.15) is 0 Å². The molecule has 24 heavy (non-hydrogen) atoms. The lowest BCUT2D eigenvalue weighted by Gasteiger charge is -2.23. The molecule has 4 nitrogen and oxygen atoms in total. The van der Waals surface area contributed by atoms with E-state index in [1.54, 1.807) is 6.21 Å². The molecule has 1 aromatic carbocycles. The summed E-state index contributed by atoms with van der Waals surface area (Å²) in [5, 5.41) is 0. The van der Waals surface area contributed by atoms with Crippen LogP contribution in [0.2, 0.25) is 0 Å². The summed E-state index contributed by atoms with van der Waals surface area (Å²) in [6, 6.07) is 8.51. The van der Waals surface area contributed by atoms with E-state index < -0.39 is 0 Å². The zero-order valence-electron chi connectivity index (χ0n) is 15.0. The molecule has 0 spiro atoms. The van der Waals surface area contributed by atoms with Gasteiger partial charge in [0.05, 0.1) is 18.7 Å². The summed E-state index contributed by atoms with van der Waals surface area (Å²) < 4.78 is 5.44. The second-order valence-electron chi connectivity index (χ2n) is 6.32. The van der Waals surface area contributed by atoms with Crippen LogP contribution in [-0.4, -0.2) is 18.7 Å². The van der Waals surface area contributed by atoms with Crippen LogP contribution in [0.15, 0.2) is 41.3 Å². The van der Waals surface area contributed by atoms with Crippen LogP contribution in [0.1, 0.15) is 52.0 Å². The van der Waals surface area contributed by atoms with Crippen LogP contribution in [0.4, 0.5) is 5.69 Å². The van der Waals surface area contributed by atoms with Gasteiger partial charge in [0.1, 0.15) is 0 Å². The molecule has 1 unspecified atom stereocenters. The minimum Gasteiger partial charge on any atom is -0.406 e. The Hall–Kier alpha value is -2.10. The number of anilines is 1. The molecule has 1 heterocycles. The third-order valence-corrected chi connectivity index (χ3v) is 4.15. The van der Waals surface area contributed by atoms with Gasteiger partial charge in [0.2, 0.25) is 5.88 Å². The van der Waals surface area contributed by atoms with E-state index in [9.17, 15) is 4.79 Å². The number of carbonyl (C=O) groups excluding carboxylic acids is 1. The molecule has 1 aliphatic heterocycles. The van der Waals surface area contributed by atoms with Gasteiger partial charge in [0.15, 0.2) is 0 Å². The van der Waals surface area contributed by atoms with Crippen LogP contribution < -0.4 is 4.90 Å². The van der Waals surface area contributed by atoms with E-state index in [1.165, 1.54) is 18.4 Å². The number of unbranched alkanes of at least 4 members (excludes halogenated alkanes) is 1. The molecule has 0 aliphatic carbocycles. The van der Waals surface area contributed by atoms with Crippen LogP contribution in [0.3, 0.4) is 0 Å². The standard InChI is InChI=1S/C20H28N2O2/c1-4-6-9-17-10-7-11-18(14-17)22-13-12-21-19(15-22)24-20(23)16(3)8-5-2/h7,10-12,14-16H,4-6,8-9,13H2,1-3H3. The van der Waals surface area contributed by atoms with Gasteiger partial charge in [-0.05, 0) is 37.0 Å². The van der Waals surface area contributed by atoms with Crippen molar-refractivity contribution in [3.05, 3.63) is 41.9 Å². The third-order valence-electron chi connectivity index (χ3n) is 4.15. The van der Waals surface area contributed by atoms with Crippen molar-refractivity contribution in [2.24, 2.45) is 10.9 Å². The van der Waals surface area contributed by atoms with Gasteiger partial charge in [0.25, 0.3) is 0 Å². The molecular weight excluding hydrogens is 300 g/mol. The Balaban J connectivity index is 2.05. The fourth-order valence-electron chi connectivity index (χ4n) is 2.70. The normalized spacial score (nSPS) is 15.1. The van der Waals surface area contributed by atoms with Crippen LogP contribution in [0.5, 0.6) is 0 Å². The van der Waals surface area contributed by atoms with Gasteiger partial charge in [-0.3, -0.25) is 4.79 Å². The first-order chi connectivity index (χ1) is 11.6. The fourth-order valence-corrected chi connectivity index (χ4v) is 2.70. The van der Waals surface area contributed by atoms with Gasteiger partial charge in [-0.1, -0.05) is 45.7 Å². The van der Waals surface area contributed by atoms with Gasteiger partial charge in [-0.15, -0.1) is 0 Å². The molecule has 2 rings (SSSR count). The zero-order valence-corrected chi connectivity index (χ0v) is 15.0. The Morgan fingerprint density at radius 1 is 1.33 bits per heavy atom. The predicted octanol–water partition coefficient (Wildman–Crippen LogP) is 4.70. The molecule has 1 aliphatic rings. The highest BCUT2D eigenvalue weighted by molar-refractivity contribution is 5.75. The summed E-state index contributed by atoms with van der Waals surface area (Å²) in [4.78, 5) is 18.3. The maximum absolute atomic E-state index is 12.1. The van der Waals surface area contributed by atoms with Crippen molar-refractivity contribution in [3.63, 3.8) is 0 Å². The first-order valence-electron chi connectivity index (χ1n) is 8.95. The first-order valence-corrected chi connectivity index (χ1v) is 8.95. The number of hydrogen-bond acceptors (Lipinski definition) is 4. The van der Waals surface area contributed by atoms with Crippen molar-refractivity contribution in [2.45, 2.75) is 52.9 Å². The summed E-state index contributed by atoms with van der Waals surface area (Å²) in [5.41, 5.74) is 2.44. The van der Waals surface area contributed by atoms with E-state index >= 15 is 0 Å². The number of ether oxygens (including phenoxy) is 1. The molecule has 0 radical (unpaired) electrons. The lowest BCUT2D eigenvalue weighted by Crippen LogP contribution is -2.24. The lowest BCUT2D eigenvalue weighted by molar-refractivity contribution is -0.143. The summed E-state index contributed by atoms with van der Waals surface area (Å²) in [5.74, 6) is 0.0609. The molecule has 1 aromatic rings. The number of aryl methyl sites for hydroxylation is 1. The minimum atomic E-state index is -0.209. The van der Waals surface area contributed by atoms with E-state index in [-0.39, 0.29) is 11.9 Å². The zero-order chi connectivity index (χ0) is 17.4. The third kappa shape index (κ3) is 5.22. The summed E-state index contributed by atoms with van der Waals surface area (Å²) in [6.07, 6.45) is 8.87. The Morgan fingerprint density at radius 2 is 2.17 bits per heavy atom. The van der Waals surface area contributed by atoms with Crippen molar-refractivity contribution in [1.82, 2.24) is 0 Å². The number of hydrogen-bond donors (Lipinski definition) is 0. The molecule has 130 valence electrons. The highest BCUT2D eigenvalue weighted by Crippen LogP contribution is 2.21. The van der Waals surface area contributed by atoms with Gasteiger partial charge < -0.3 is 9.64 Å². The highest BCUT2D eigenvalue weighted by atomic mass is 16.5. The maximum atomic E-state index is 12.1. The Bertz CT molecular complexity index is 607. The maximum Gasteiger partial charge on any atom is 0.315 e. The minimum absolute atomic E-state index is 0.0983. The van der Waals surface area contributed by atoms with Gasteiger partial charge in [-0.25, -0.2) is 4.99 Å². The second kappa shape index (κ2) is 9.26. The molecule has 0 bridgehead atoms. The molecule has 0 saturated heterocycles. The van der Waals surface area contributed by atoms with Crippen LogP contribution >= 0.6 is 0 Å². The number of aliphatic imine (C=N–C) groups is 1. The molecular formula is C20H28N2O2. The molecule has 0 saturated carbocycles. The molecule has 1 atom stereocenters.